The van der Waals surface area contributed by atoms with Crippen LogP contribution >= 0.6 is 0 Å². The summed E-state index contributed by atoms with van der Waals surface area (Å²) in [6, 6.07) is 6.88. The molecule has 2 aromatic carbocycles. The maximum absolute atomic E-state index is 13.8. The first-order valence-corrected chi connectivity index (χ1v) is 9.62. The van der Waals surface area contributed by atoms with Crippen molar-refractivity contribution in [3.05, 3.63) is 64.6 Å². The van der Waals surface area contributed by atoms with E-state index >= 15 is 0 Å². The number of hydrogen-bond donors (Lipinski definition) is 1. The third-order valence-electron chi connectivity index (χ3n) is 4.41. The van der Waals surface area contributed by atoms with Crippen molar-refractivity contribution in [2.75, 3.05) is 7.05 Å². The Morgan fingerprint density at radius 2 is 1.71 bits per heavy atom. The number of hydrogen-bond acceptors (Lipinski definition) is 4. The van der Waals surface area contributed by atoms with Crippen LogP contribution in [0.15, 0.2) is 52.3 Å². The van der Waals surface area contributed by atoms with Crippen molar-refractivity contribution in [3.63, 3.8) is 0 Å². The van der Waals surface area contributed by atoms with E-state index in [1.165, 1.54) is 36.1 Å². The molecule has 4 aromatic rings. The molecule has 4 rings (SSSR count). The molecule has 0 aliphatic carbocycles. The van der Waals surface area contributed by atoms with Gasteiger partial charge in [-0.3, -0.25) is 14.0 Å². The highest BCUT2D eigenvalue weighted by molar-refractivity contribution is 7.89. The summed E-state index contributed by atoms with van der Waals surface area (Å²) in [6.45, 7) is 0. The van der Waals surface area contributed by atoms with Crippen molar-refractivity contribution in [1.82, 2.24) is 19.1 Å². The normalized spacial score (nSPS) is 12.1. The molecule has 0 unspecified atom stereocenters. The van der Waals surface area contributed by atoms with Gasteiger partial charge in [-0.2, -0.15) is 5.10 Å². The summed E-state index contributed by atoms with van der Waals surface area (Å²) in [5.74, 6) is -1.67. The smallest absolute Gasteiger partial charge is 0.266 e. The van der Waals surface area contributed by atoms with E-state index in [2.05, 4.69) is 9.82 Å². The summed E-state index contributed by atoms with van der Waals surface area (Å²) >= 11 is 0. The van der Waals surface area contributed by atoms with Gasteiger partial charge in [0.05, 0.1) is 21.5 Å². The molecule has 0 aliphatic rings. The molecule has 2 heterocycles. The number of aromatic nitrogens is 3. The third-order valence-corrected chi connectivity index (χ3v) is 5.82. The van der Waals surface area contributed by atoms with Crippen LogP contribution < -0.4 is 10.3 Å². The van der Waals surface area contributed by atoms with E-state index in [4.69, 9.17) is 0 Å². The second-order valence-electron chi connectivity index (χ2n) is 6.22. The Bertz CT molecular complexity index is 1400. The van der Waals surface area contributed by atoms with Gasteiger partial charge in [0.1, 0.15) is 17.2 Å². The number of halogens is 2. The second-order valence-corrected chi connectivity index (χ2v) is 8.11. The van der Waals surface area contributed by atoms with Crippen molar-refractivity contribution in [2.45, 2.75) is 4.90 Å². The second kappa shape index (κ2) is 6.21. The number of rotatable bonds is 3. The van der Waals surface area contributed by atoms with Gasteiger partial charge in [-0.1, -0.05) is 0 Å². The first-order valence-electron chi connectivity index (χ1n) is 8.13. The Labute approximate surface area is 157 Å². The maximum atomic E-state index is 13.8. The predicted molar refractivity (Wildman–Crippen MR) is 100.0 cm³/mol. The van der Waals surface area contributed by atoms with Gasteiger partial charge >= 0.3 is 0 Å². The Kier molecular flexibility index (Phi) is 4.05. The van der Waals surface area contributed by atoms with Gasteiger partial charge in [-0.05, 0) is 37.4 Å². The zero-order valence-electron chi connectivity index (χ0n) is 14.8. The van der Waals surface area contributed by atoms with Crippen molar-refractivity contribution in [1.29, 1.82) is 0 Å². The largest absolute Gasteiger partial charge is 0.276 e. The lowest BCUT2D eigenvalue weighted by atomic mass is 10.1. The van der Waals surface area contributed by atoms with Crippen LogP contribution in [0.25, 0.3) is 27.5 Å². The van der Waals surface area contributed by atoms with Gasteiger partial charge in [-0.15, -0.1) is 0 Å². The summed E-state index contributed by atoms with van der Waals surface area (Å²) in [5, 5.41) is 4.81. The monoisotopic (exact) mass is 404 g/mol. The standard InChI is InChI=1S/C18H14F2N4O3S/c1-21-28(26,27)13-3-4-16-14(8-13)17-15(9-23(2)22-17)18(25)24(16)12-6-10(19)5-11(20)7-12/h3-9,21H,1-2H3. The molecule has 0 bridgehead atoms. The highest BCUT2D eigenvalue weighted by Gasteiger charge is 2.19. The van der Waals surface area contributed by atoms with Crippen LogP contribution in [0.1, 0.15) is 0 Å². The highest BCUT2D eigenvalue weighted by Crippen LogP contribution is 2.27. The summed E-state index contributed by atoms with van der Waals surface area (Å²) < 4.78 is 56.7. The Balaban J connectivity index is 2.21. The molecule has 1 N–H and O–H groups in total. The summed E-state index contributed by atoms with van der Waals surface area (Å²) in [4.78, 5) is 13.0. The van der Waals surface area contributed by atoms with E-state index in [0.29, 0.717) is 17.0 Å². The molecule has 0 atom stereocenters. The van der Waals surface area contributed by atoms with E-state index in [1.54, 1.807) is 7.05 Å². The quantitative estimate of drug-likeness (QED) is 0.566. The van der Waals surface area contributed by atoms with Crippen LogP contribution in [-0.4, -0.2) is 29.8 Å². The van der Waals surface area contributed by atoms with Gasteiger partial charge in [0, 0.05) is 24.7 Å². The van der Waals surface area contributed by atoms with E-state index < -0.39 is 27.2 Å². The lowest BCUT2D eigenvalue weighted by Crippen LogP contribution is -2.21. The Morgan fingerprint density at radius 1 is 1.04 bits per heavy atom. The van der Waals surface area contributed by atoms with Gasteiger partial charge in [-0.25, -0.2) is 21.9 Å². The number of nitrogens with one attached hydrogen (secondary N) is 1. The molecular formula is C18H14F2N4O3S. The van der Waals surface area contributed by atoms with E-state index in [1.807, 2.05) is 0 Å². The Morgan fingerprint density at radius 3 is 2.36 bits per heavy atom. The van der Waals surface area contributed by atoms with Crippen molar-refractivity contribution >= 4 is 31.8 Å². The fraction of sp³-hybridized carbons (Fsp3) is 0.111. The van der Waals surface area contributed by atoms with Crippen LogP contribution in [0.5, 0.6) is 0 Å². The molecule has 2 aromatic heterocycles. The molecule has 0 aliphatic heterocycles. The van der Waals surface area contributed by atoms with Crippen molar-refractivity contribution in [2.24, 2.45) is 7.05 Å². The molecule has 0 amide bonds. The molecule has 0 saturated heterocycles. The lowest BCUT2D eigenvalue weighted by molar-refractivity contribution is 0.581. The maximum Gasteiger partial charge on any atom is 0.266 e. The van der Waals surface area contributed by atoms with Crippen LogP contribution in [0, 0.1) is 11.6 Å². The molecular weight excluding hydrogens is 390 g/mol. The Hall–Kier alpha value is -3.11. The van der Waals surface area contributed by atoms with Crippen molar-refractivity contribution < 1.29 is 17.2 Å². The molecule has 0 fully saturated rings. The lowest BCUT2D eigenvalue weighted by Gasteiger charge is -2.13. The summed E-state index contributed by atoms with van der Waals surface area (Å²) in [7, 11) is -0.844. The fourth-order valence-electron chi connectivity index (χ4n) is 3.18. The SMILES string of the molecule is CNS(=O)(=O)c1ccc2c(c1)c1nn(C)cc1c(=O)n2-c1cc(F)cc(F)c1. The first-order chi connectivity index (χ1) is 13.2. The average molecular weight is 404 g/mol. The van der Waals surface area contributed by atoms with Gasteiger partial charge in [0.2, 0.25) is 10.0 Å². The number of sulfonamides is 1. The van der Waals surface area contributed by atoms with Crippen LogP contribution in [0.4, 0.5) is 8.78 Å². The molecule has 10 heteroatoms. The number of benzene rings is 2. The minimum absolute atomic E-state index is 0.0116. The molecule has 0 radical (unpaired) electrons. The fourth-order valence-corrected chi connectivity index (χ4v) is 3.94. The molecule has 7 nitrogen and oxygen atoms in total. The van der Waals surface area contributed by atoms with Crippen LogP contribution in [0.2, 0.25) is 0 Å². The van der Waals surface area contributed by atoms with Crippen LogP contribution in [0.3, 0.4) is 0 Å². The molecule has 144 valence electrons. The van der Waals surface area contributed by atoms with E-state index in [0.717, 1.165) is 16.7 Å². The minimum atomic E-state index is -3.74. The molecule has 0 saturated carbocycles. The van der Waals surface area contributed by atoms with E-state index in [9.17, 15) is 22.0 Å². The van der Waals surface area contributed by atoms with Crippen LogP contribution in [-0.2, 0) is 17.1 Å². The number of pyridine rings is 1. The summed E-state index contributed by atoms with van der Waals surface area (Å²) in [6.07, 6.45) is 1.47. The number of fused-ring (bicyclic) bond motifs is 3. The minimum Gasteiger partial charge on any atom is -0.276 e. The summed E-state index contributed by atoms with van der Waals surface area (Å²) in [5.41, 5.74) is 0.0346. The topological polar surface area (TPSA) is 86.0 Å². The van der Waals surface area contributed by atoms with Crippen molar-refractivity contribution in [3.8, 4) is 5.69 Å². The number of aryl methyl sites for hydroxylation is 1. The highest BCUT2D eigenvalue weighted by atomic mass is 32.2. The average Bonchev–Trinajstić information content (AvgIpc) is 3.03. The van der Waals surface area contributed by atoms with E-state index in [-0.39, 0.29) is 21.5 Å². The molecule has 28 heavy (non-hydrogen) atoms. The van der Waals surface area contributed by atoms with Gasteiger partial charge in [0.15, 0.2) is 0 Å². The number of nitrogens with zero attached hydrogens (tertiary/aromatic N) is 3. The third kappa shape index (κ3) is 2.77. The first kappa shape index (κ1) is 18.3. The zero-order valence-corrected chi connectivity index (χ0v) is 15.6. The zero-order chi connectivity index (χ0) is 20.2. The van der Waals surface area contributed by atoms with Gasteiger partial charge < -0.3 is 0 Å². The molecule has 0 spiro atoms. The van der Waals surface area contributed by atoms with Gasteiger partial charge in [0.25, 0.3) is 5.56 Å². The predicted octanol–water partition coefficient (Wildman–Crippen LogP) is 2.06.